The summed E-state index contributed by atoms with van der Waals surface area (Å²) in [7, 11) is 0. The average Bonchev–Trinajstić information content (AvgIpc) is 2.71. The Hall–Kier alpha value is -1.48. The smallest absolute Gasteiger partial charge is 0.119 e. The first-order valence-corrected chi connectivity index (χ1v) is 10.5. The van der Waals surface area contributed by atoms with Crippen LogP contribution in [0, 0.1) is 6.92 Å². The normalized spacial score (nSPS) is 27.1. The van der Waals surface area contributed by atoms with E-state index in [9.17, 15) is 20.4 Å². The molecule has 0 amide bonds. The molecule has 1 aliphatic rings. The predicted octanol–water partition coefficient (Wildman–Crippen LogP) is 2.26. The molecule has 0 aliphatic carbocycles. The highest BCUT2D eigenvalue weighted by molar-refractivity contribution is 9.10. The predicted molar refractivity (Wildman–Crippen MR) is 112 cm³/mol. The van der Waals surface area contributed by atoms with E-state index in [2.05, 4.69) is 15.9 Å². The number of benzene rings is 2. The molecule has 0 saturated carbocycles. The summed E-state index contributed by atoms with van der Waals surface area (Å²) >= 11 is 3.57. The molecule has 4 N–H and O–H groups in total. The Labute approximate surface area is 178 Å². The van der Waals surface area contributed by atoms with Crippen LogP contribution in [0.3, 0.4) is 0 Å². The third kappa shape index (κ3) is 4.82. The van der Waals surface area contributed by atoms with E-state index in [0.717, 1.165) is 26.9 Å². The van der Waals surface area contributed by atoms with Gasteiger partial charge >= 0.3 is 0 Å². The highest BCUT2D eigenvalue weighted by atomic mass is 79.9. The molecule has 0 bridgehead atoms. The minimum atomic E-state index is -1.40. The van der Waals surface area contributed by atoms with E-state index < -0.39 is 37.1 Å². The van der Waals surface area contributed by atoms with Crippen molar-refractivity contribution in [1.29, 1.82) is 0 Å². The van der Waals surface area contributed by atoms with E-state index in [1.807, 2.05) is 50.2 Å². The van der Waals surface area contributed by atoms with Crippen LogP contribution in [-0.2, 0) is 11.2 Å². The quantitative estimate of drug-likeness (QED) is 0.521. The van der Waals surface area contributed by atoms with E-state index >= 15 is 0 Å². The summed E-state index contributed by atoms with van der Waals surface area (Å²) in [5.74, 6) is 0.823. The number of hydrogen-bond donors (Lipinski definition) is 4. The zero-order chi connectivity index (χ0) is 21.1. The van der Waals surface area contributed by atoms with E-state index in [1.165, 1.54) is 0 Å². The van der Waals surface area contributed by atoms with Gasteiger partial charge < -0.3 is 29.9 Å². The molecule has 5 atom stereocenters. The van der Waals surface area contributed by atoms with Gasteiger partial charge in [-0.3, -0.25) is 0 Å². The van der Waals surface area contributed by atoms with E-state index in [0.29, 0.717) is 18.6 Å². The van der Waals surface area contributed by atoms with E-state index in [4.69, 9.17) is 9.47 Å². The van der Waals surface area contributed by atoms with Crippen molar-refractivity contribution in [1.82, 2.24) is 0 Å². The first-order valence-electron chi connectivity index (χ1n) is 9.66. The molecule has 1 fully saturated rings. The van der Waals surface area contributed by atoms with Crippen molar-refractivity contribution in [3.63, 3.8) is 0 Å². The molecule has 0 radical (unpaired) electrons. The first kappa shape index (κ1) is 22.2. The summed E-state index contributed by atoms with van der Waals surface area (Å²) in [5, 5.41) is 40.0. The van der Waals surface area contributed by atoms with Crippen molar-refractivity contribution in [2.45, 2.75) is 50.8 Å². The topological polar surface area (TPSA) is 99.4 Å². The van der Waals surface area contributed by atoms with Crippen LogP contribution in [0.25, 0.3) is 0 Å². The molecule has 0 aromatic heterocycles. The van der Waals surface area contributed by atoms with Gasteiger partial charge in [0, 0.05) is 4.47 Å². The lowest BCUT2D eigenvalue weighted by Gasteiger charge is -2.40. The molecule has 0 unspecified atom stereocenters. The number of aliphatic hydroxyl groups excluding tert-OH is 4. The van der Waals surface area contributed by atoms with E-state index in [-0.39, 0.29) is 0 Å². The van der Waals surface area contributed by atoms with Gasteiger partial charge in [-0.2, -0.15) is 0 Å². The maximum atomic E-state index is 10.5. The summed E-state index contributed by atoms with van der Waals surface area (Å²) in [6, 6.07) is 11.7. The maximum absolute atomic E-state index is 10.5. The summed E-state index contributed by atoms with van der Waals surface area (Å²) in [4.78, 5) is 0. The number of hydrogen-bond acceptors (Lipinski definition) is 6. The Balaban J connectivity index is 1.89. The van der Waals surface area contributed by atoms with Crippen LogP contribution in [0.15, 0.2) is 40.9 Å². The van der Waals surface area contributed by atoms with E-state index in [1.54, 1.807) is 0 Å². The molecule has 2 aromatic carbocycles. The van der Waals surface area contributed by atoms with Crippen LogP contribution < -0.4 is 4.74 Å². The first-order chi connectivity index (χ1) is 13.8. The highest BCUT2D eigenvalue weighted by Gasteiger charge is 2.44. The van der Waals surface area contributed by atoms with Crippen molar-refractivity contribution in [3.05, 3.63) is 63.1 Å². The molecule has 3 rings (SSSR count). The molecule has 2 aromatic rings. The Bertz CT molecular complexity index is 823. The van der Waals surface area contributed by atoms with Crippen LogP contribution in [0.1, 0.15) is 35.3 Å². The fraction of sp³-hybridized carbons (Fsp3) is 0.455. The zero-order valence-electron chi connectivity index (χ0n) is 16.5. The number of ether oxygens (including phenoxy) is 2. The summed E-state index contributed by atoms with van der Waals surface area (Å²) in [6.45, 7) is 4.12. The van der Waals surface area contributed by atoms with Gasteiger partial charge in [0.05, 0.1) is 13.2 Å². The van der Waals surface area contributed by atoms with Crippen LogP contribution in [0.4, 0.5) is 0 Å². The van der Waals surface area contributed by atoms with Gasteiger partial charge in [-0.25, -0.2) is 0 Å². The molecule has 6 nitrogen and oxygen atoms in total. The van der Waals surface area contributed by atoms with Crippen LogP contribution >= 0.6 is 15.9 Å². The zero-order valence-corrected chi connectivity index (χ0v) is 18.0. The number of rotatable bonds is 6. The number of aliphatic hydroxyl groups is 4. The van der Waals surface area contributed by atoms with Crippen molar-refractivity contribution in [3.8, 4) is 5.75 Å². The monoisotopic (exact) mass is 466 g/mol. The molecule has 1 heterocycles. The molecule has 1 saturated heterocycles. The van der Waals surface area contributed by atoms with Crippen LogP contribution in [-0.4, -0.2) is 58.1 Å². The molecule has 7 heteroatoms. The second-order valence-electron chi connectivity index (χ2n) is 7.29. The Morgan fingerprint density at radius 2 is 1.72 bits per heavy atom. The maximum Gasteiger partial charge on any atom is 0.119 e. The lowest BCUT2D eigenvalue weighted by Crippen LogP contribution is -2.55. The fourth-order valence-electron chi connectivity index (χ4n) is 3.57. The minimum Gasteiger partial charge on any atom is -0.494 e. The van der Waals surface area contributed by atoms with Crippen molar-refractivity contribution in [2.75, 3.05) is 13.2 Å². The summed E-state index contributed by atoms with van der Waals surface area (Å²) < 4.78 is 12.1. The highest BCUT2D eigenvalue weighted by Crippen LogP contribution is 2.36. The molecule has 0 spiro atoms. The van der Waals surface area contributed by atoms with Crippen molar-refractivity contribution >= 4 is 15.9 Å². The van der Waals surface area contributed by atoms with Gasteiger partial charge in [0.1, 0.15) is 36.3 Å². The number of halogens is 1. The second kappa shape index (κ2) is 9.55. The SMILES string of the molecule is CCOc1ccc(Cc2cc([C@@H]3O[C@H](CO)[C@@H](O)[C@H](O)[C@H]3O)cc(Br)c2C)cc1. The largest absolute Gasteiger partial charge is 0.494 e. The standard InChI is InChI=1S/C22H27BrO6/c1-3-28-16-6-4-13(5-7-16)8-14-9-15(10-17(23)12(14)2)22-21(27)20(26)19(25)18(11-24)29-22/h4-7,9-10,18-22,24-27H,3,8,11H2,1-2H3/t18-,19-,20+,21-,22+/m1/s1. The van der Waals surface area contributed by atoms with Gasteiger partial charge in [0.15, 0.2) is 0 Å². The second-order valence-corrected chi connectivity index (χ2v) is 8.14. The summed E-state index contributed by atoms with van der Waals surface area (Å²) in [6.07, 6.45) is -5.21. The lowest BCUT2D eigenvalue weighted by atomic mass is 9.89. The van der Waals surface area contributed by atoms with Gasteiger partial charge in [-0.05, 0) is 60.7 Å². The minimum absolute atomic E-state index is 0.451. The Morgan fingerprint density at radius 3 is 2.34 bits per heavy atom. The van der Waals surface area contributed by atoms with Gasteiger partial charge in [-0.1, -0.05) is 34.1 Å². The van der Waals surface area contributed by atoms with Crippen LogP contribution in [0.5, 0.6) is 5.75 Å². The molecule has 29 heavy (non-hydrogen) atoms. The Kier molecular flexibility index (Phi) is 7.32. The van der Waals surface area contributed by atoms with Crippen molar-refractivity contribution < 1.29 is 29.9 Å². The molecule has 1 aliphatic heterocycles. The molecular formula is C22H27BrO6. The third-order valence-electron chi connectivity index (χ3n) is 5.32. The fourth-order valence-corrected chi connectivity index (χ4v) is 4.09. The molecule has 158 valence electrons. The van der Waals surface area contributed by atoms with Gasteiger partial charge in [0.2, 0.25) is 0 Å². The van der Waals surface area contributed by atoms with Gasteiger partial charge in [-0.15, -0.1) is 0 Å². The average molecular weight is 467 g/mol. The van der Waals surface area contributed by atoms with Crippen LogP contribution in [0.2, 0.25) is 0 Å². The third-order valence-corrected chi connectivity index (χ3v) is 6.15. The summed E-state index contributed by atoms with van der Waals surface area (Å²) in [5.41, 5.74) is 3.87. The lowest BCUT2D eigenvalue weighted by molar-refractivity contribution is -0.231. The molecular weight excluding hydrogens is 440 g/mol. The van der Waals surface area contributed by atoms with Crippen molar-refractivity contribution in [2.24, 2.45) is 0 Å². The Morgan fingerprint density at radius 1 is 1.03 bits per heavy atom. The van der Waals surface area contributed by atoms with Gasteiger partial charge in [0.25, 0.3) is 0 Å².